The number of nitrogens with one attached hydrogen (secondary N) is 1. The second-order valence-corrected chi connectivity index (χ2v) is 7.93. The van der Waals surface area contributed by atoms with E-state index in [1.807, 2.05) is 18.3 Å². The third-order valence-corrected chi connectivity index (χ3v) is 5.23. The summed E-state index contributed by atoms with van der Waals surface area (Å²) in [7, 11) is 0. The van der Waals surface area contributed by atoms with Gasteiger partial charge in [0, 0.05) is 43.5 Å². The summed E-state index contributed by atoms with van der Waals surface area (Å²) >= 11 is 0. The van der Waals surface area contributed by atoms with Crippen molar-refractivity contribution in [2.24, 2.45) is 5.73 Å². The number of carbonyl (C=O) groups is 1. The Labute approximate surface area is 170 Å². The summed E-state index contributed by atoms with van der Waals surface area (Å²) < 4.78 is 26.4. The molecule has 0 aliphatic carbocycles. The first-order chi connectivity index (χ1) is 13.8. The molecule has 0 saturated heterocycles. The lowest BCUT2D eigenvalue weighted by Crippen LogP contribution is -2.41. The number of hydrogen-bond acceptors (Lipinski definition) is 4. The van der Waals surface area contributed by atoms with Crippen LogP contribution in [0.15, 0.2) is 36.5 Å². The Morgan fingerprint density at radius 1 is 1.31 bits per heavy atom. The van der Waals surface area contributed by atoms with Gasteiger partial charge in [-0.2, -0.15) is 0 Å². The predicted octanol–water partition coefficient (Wildman–Crippen LogP) is 3.09. The zero-order valence-corrected chi connectivity index (χ0v) is 16.9. The van der Waals surface area contributed by atoms with Crippen LogP contribution in [-0.4, -0.2) is 41.3 Å². The minimum absolute atomic E-state index is 0.358. The van der Waals surface area contributed by atoms with Crippen molar-refractivity contribution in [3.8, 4) is 0 Å². The van der Waals surface area contributed by atoms with Gasteiger partial charge in [-0.1, -0.05) is 32.0 Å². The first kappa shape index (κ1) is 21.3. The number of alkyl halides is 2. The first-order valence-corrected chi connectivity index (χ1v) is 9.92. The molecule has 3 N–H and O–H groups in total. The van der Waals surface area contributed by atoms with Crippen molar-refractivity contribution in [3.05, 3.63) is 64.5 Å². The van der Waals surface area contributed by atoms with Crippen molar-refractivity contribution < 1.29 is 13.6 Å². The van der Waals surface area contributed by atoms with Crippen LogP contribution >= 0.6 is 0 Å². The monoisotopic (exact) mass is 402 g/mol. The average Bonchev–Trinajstić information content (AvgIpc) is 2.72. The molecule has 0 unspecified atom stereocenters. The molecule has 1 aliphatic rings. The number of rotatable bonds is 7. The molecule has 1 amide bonds. The molecule has 0 spiro atoms. The van der Waals surface area contributed by atoms with Crippen molar-refractivity contribution >= 4 is 5.91 Å². The molecule has 0 saturated carbocycles. The molecule has 0 bridgehead atoms. The van der Waals surface area contributed by atoms with Crippen molar-refractivity contribution in [1.29, 1.82) is 0 Å². The number of hydrogen-bond donors (Lipinski definition) is 2. The predicted molar refractivity (Wildman–Crippen MR) is 109 cm³/mol. The van der Waals surface area contributed by atoms with Crippen LogP contribution in [0.5, 0.6) is 0 Å². The van der Waals surface area contributed by atoms with Crippen molar-refractivity contribution in [3.63, 3.8) is 0 Å². The van der Waals surface area contributed by atoms with E-state index in [1.165, 1.54) is 16.8 Å². The van der Waals surface area contributed by atoms with Gasteiger partial charge in [-0.25, -0.2) is 8.78 Å². The number of halogens is 2. The summed E-state index contributed by atoms with van der Waals surface area (Å²) in [6.45, 7) is 5.32. The molecule has 5 nitrogen and oxygen atoms in total. The van der Waals surface area contributed by atoms with Gasteiger partial charge in [0.15, 0.2) is 0 Å². The molecule has 0 radical (unpaired) electrons. The molecular weight excluding hydrogens is 374 g/mol. The minimum atomic E-state index is -3.09. The van der Waals surface area contributed by atoms with Gasteiger partial charge < -0.3 is 11.1 Å². The van der Waals surface area contributed by atoms with Gasteiger partial charge in [-0.05, 0) is 34.7 Å². The molecule has 0 atom stereocenters. The van der Waals surface area contributed by atoms with E-state index in [0.717, 1.165) is 31.6 Å². The van der Waals surface area contributed by atoms with E-state index in [1.54, 1.807) is 12.1 Å². The maximum atomic E-state index is 13.2. The van der Waals surface area contributed by atoms with Crippen LogP contribution in [0, 0.1) is 0 Å². The number of benzene rings is 1. The van der Waals surface area contributed by atoms with E-state index in [-0.39, 0.29) is 0 Å². The smallest absolute Gasteiger partial charge is 0.277 e. The van der Waals surface area contributed by atoms with E-state index in [2.05, 4.69) is 35.1 Å². The Kier molecular flexibility index (Phi) is 6.59. The normalized spacial score (nSPS) is 14.7. The third-order valence-electron chi connectivity index (χ3n) is 5.23. The number of aromatic nitrogens is 1. The molecule has 1 aromatic heterocycles. The average molecular weight is 402 g/mol. The van der Waals surface area contributed by atoms with E-state index in [4.69, 9.17) is 5.73 Å². The number of amides is 1. The van der Waals surface area contributed by atoms with Gasteiger partial charge in [-0.3, -0.25) is 14.7 Å². The van der Waals surface area contributed by atoms with E-state index >= 15 is 0 Å². The summed E-state index contributed by atoms with van der Waals surface area (Å²) in [5.74, 6) is -3.17. The molecule has 1 aromatic carbocycles. The van der Waals surface area contributed by atoms with Gasteiger partial charge in [-0.15, -0.1) is 0 Å². The summed E-state index contributed by atoms with van der Waals surface area (Å²) in [4.78, 5) is 19.0. The van der Waals surface area contributed by atoms with Crippen LogP contribution in [0.1, 0.15) is 52.5 Å². The van der Waals surface area contributed by atoms with Gasteiger partial charge in [0.1, 0.15) is 0 Å². The second-order valence-electron chi connectivity index (χ2n) is 7.93. The highest BCUT2D eigenvalue weighted by atomic mass is 19.3. The van der Waals surface area contributed by atoms with E-state index in [0.29, 0.717) is 11.5 Å². The maximum absolute atomic E-state index is 13.2. The Morgan fingerprint density at radius 2 is 2.03 bits per heavy atom. The van der Waals surface area contributed by atoms with Gasteiger partial charge in [0.05, 0.1) is 13.1 Å². The molecule has 0 fully saturated rings. The van der Waals surface area contributed by atoms with Gasteiger partial charge >= 0.3 is 0 Å². The Morgan fingerprint density at radius 3 is 2.69 bits per heavy atom. The highest BCUT2D eigenvalue weighted by Crippen LogP contribution is 2.23. The van der Waals surface area contributed by atoms with Crippen LogP contribution in [0.25, 0.3) is 0 Å². The van der Waals surface area contributed by atoms with Crippen LogP contribution in [-0.2, 0) is 19.5 Å². The summed E-state index contributed by atoms with van der Waals surface area (Å²) in [6.07, 6.45) is 2.90. The van der Waals surface area contributed by atoms with Crippen molar-refractivity contribution in [2.75, 3.05) is 19.6 Å². The molecule has 1 aliphatic heterocycles. The summed E-state index contributed by atoms with van der Waals surface area (Å²) in [5, 5.41) is 2.23. The lowest BCUT2D eigenvalue weighted by Gasteiger charge is -2.28. The van der Waals surface area contributed by atoms with Crippen LogP contribution in [0.4, 0.5) is 8.78 Å². The highest BCUT2D eigenvalue weighted by molar-refractivity contribution is 5.94. The number of fused-ring (bicyclic) bond motifs is 1. The standard InChI is InChI=1S/C22H28F2N4O/c1-15(2)18-9-19-12-28(8-7-20(19)26-10-18)11-16-3-5-17(6-4-16)21(29)27-14-22(23,24)13-25/h3-6,9-10,15H,7-8,11-14,25H2,1-2H3,(H,27,29). The van der Waals surface area contributed by atoms with Gasteiger partial charge in [0.2, 0.25) is 0 Å². The van der Waals surface area contributed by atoms with E-state index < -0.39 is 24.9 Å². The quantitative estimate of drug-likeness (QED) is 0.747. The summed E-state index contributed by atoms with van der Waals surface area (Å²) in [5.41, 5.74) is 10.1. The lowest BCUT2D eigenvalue weighted by molar-refractivity contribution is 0.0118. The molecule has 7 heteroatoms. The topological polar surface area (TPSA) is 71.2 Å². The second kappa shape index (κ2) is 8.97. The Hall–Kier alpha value is -2.38. The fourth-order valence-electron chi connectivity index (χ4n) is 3.36. The molecule has 2 aromatic rings. The maximum Gasteiger partial charge on any atom is 0.277 e. The molecule has 2 heterocycles. The zero-order chi connectivity index (χ0) is 21.0. The van der Waals surface area contributed by atoms with Crippen LogP contribution in [0.2, 0.25) is 0 Å². The SMILES string of the molecule is CC(C)c1cnc2c(c1)CN(Cc1ccc(C(=O)NCC(F)(F)CN)cc1)CC2. The van der Waals surface area contributed by atoms with E-state index in [9.17, 15) is 13.6 Å². The lowest BCUT2D eigenvalue weighted by atomic mass is 9.98. The Bertz CT molecular complexity index is 852. The fraction of sp³-hybridized carbons (Fsp3) is 0.455. The number of nitrogens with two attached hydrogens (primary N) is 1. The fourth-order valence-corrected chi connectivity index (χ4v) is 3.36. The number of carbonyl (C=O) groups excluding carboxylic acids is 1. The molecule has 3 rings (SSSR count). The first-order valence-electron chi connectivity index (χ1n) is 9.92. The third kappa shape index (κ3) is 5.58. The van der Waals surface area contributed by atoms with Crippen molar-refractivity contribution in [2.45, 2.75) is 45.2 Å². The minimum Gasteiger partial charge on any atom is -0.346 e. The highest BCUT2D eigenvalue weighted by Gasteiger charge is 2.27. The van der Waals surface area contributed by atoms with Crippen LogP contribution < -0.4 is 11.1 Å². The summed E-state index contributed by atoms with van der Waals surface area (Å²) in [6, 6.07) is 9.33. The molecular formula is C22H28F2N4O. The Balaban J connectivity index is 1.59. The number of pyridine rings is 1. The van der Waals surface area contributed by atoms with Gasteiger partial charge in [0.25, 0.3) is 11.8 Å². The largest absolute Gasteiger partial charge is 0.346 e. The molecule has 156 valence electrons. The molecule has 29 heavy (non-hydrogen) atoms. The van der Waals surface area contributed by atoms with Crippen LogP contribution in [0.3, 0.4) is 0 Å². The van der Waals surface area contributed by atoms with Crippen molar-refractivity contribution in [1.82, 2.24) is 15.2 Å². The number of nitrogens with zero attached hydrogens (tertiary/aromatic N) is 2. The zero-order valence-electron chi connectivity index (χ0n) is 16.9.